The molecule has 0 unspecified atom stereocenters. The maximum absolute atomic E-state index is 11.7. The monoisotopic (exact) mass is 288 g/mol. The van der Waals surface area contributed by atoms with Gasteiger partial charge in [-0.05, 0) is 24.1 Å². The number of hydrogen-bond acceptors (Lipinski definition) is 4. The van der Waals surface area contributed by atoms with Gasteiger partial charge in [0, 0.05) is 50.3 Å². The Morgan fingerprint density at radius 2 is 2.05 bits per heavy atom. The van der Waals surface area contributed by atoms with Crippen molar-refractivity contribution in [2.24, 2.45) is 0 Å². The molecule has 1 N–H and O–H groups in total. The van der Waals surface area contributed by atoms with Crippen molar-refractivity contribution in [1.29, 1.82) is 0 Å². The Morgan fingerprint density at radius 1 is 1.29 bits per heavy atom. The summed E-state index contributed by atoms with van der Waals surface area (Å²) < 4.78 is 5.27. The standard InChI is InChI=1S/C16H20N2O3/c1-4-15(19)17-8-7-11-9-16(20)21-14-10-12(18(2)3)5-6-13(11)14/h5-6,9-10H,4,7-8H2,1-3H3,(H,17,19). The van der Waals surface area contributed by atoms with Crippen LogP contribution in [0.25, 0.3) is 11.0 Å². The van der Waals surface area contributed by atoms with Crippen LogP contribution in [0.4, 0.5) is 5.69 Å². The molecule has 5 heteroatoms. The molecular formula is C16H20N2O3. The highest BCUT2D eigenvalue weighted by atomic mass is 16.4. The number of hydrogen-bond donors (Lipinski definition) is 1. The van der Waals surface area contributed by atoms with E-state index in [1.54, 1.807) is 0 Å². The molecule has 0 bridgehead atoms. The molecule has 0 saturated carbocycles. The normalized spacial score (nSPS) is 10.6. The van der Waals surface area contributed by atoms with Gasteiger partial charge in [-0.1, -0.05) is 6.92 Å². The first kappa shape index (κ1) is 15.1. The van der Waals surface area contributed by atoms with E-state index < -0.39 is 0 Å². The minimum Gasteiger partial charge on any atom is -0.423 e. The minimum absolute atomic E-state index is 0.0113. The maximum atomic E-state index is 11.7. The van der Waals surface area contributed by atoms with E-state index in [1.807, 2.05) is 44.1 Å². The molecule has 0 saturated heterocycles. The van der Waals surface area contributed by atoms with Gasteiger partial charge in [-0.25, -0.2) is 4.79 Å². The first-order valence-corrected chi connectivity index (χ1v) is 7.02. The van der Waals surface area contributed by atoms with E-state index in [0.717, 1.165) is 16.6 Å². The fourth-order valence-electron chi connectivity index (χ4n) is 2.17. The van der Waals surface area contributed by atoms with E-state index in [9.17, 15) is 9.59 Å². The third kappa shape index (κ3) is 3.62. The van der Waals surface area contributed by atoms with Crippen LogP contribution >= 0.6 is 0 Å². The molecule has 21 heavy (non-hydrogen) atoms. The van der Waals surface area contributed by atoms with Crippen LogP contribution in [0.5, 0.6) is 0 Å². The molecule has 1 heterocycles. The molecule has 1 aromatic heterocycles. The summed E-state index contributed by atoms with van der Waals surface area (Å²) in [4.78, 5) is 24.9. The Bertz CT molecular complexity index is 704. The van der Waals surface area contributed by atoms with E-state index in [0.29, 0.717) is 25.0 Å². The summed E-state index contributed by atoms with van der Waals surface area (Å²) in [5, 5.41) is 3.72. The second kappa shape index (κ2) is 6.43. The van der Waals surface area contributed by atoms with Gasteiger partial charge in [-0.3, -0.25) is 4.79 Å². The summed E-state index contributed by atoms with van der Waals surface area (Å²) in [7, 11) is 3.87. The number of carbonyl (C=O) groups excluding carboxylic acids is 1. The molecule has 0 fully saturated rings. The quantitative estimate of drug-likeness (QED) is 0.854. The van der Waals surface area contributed by atoms with Crippen LogP contribution in [0.3, 0.4) is 0 Å². The van der Waals surface area contributed by atoms with E-state index in [1.165, 1.54) is 6.07 Å². The van der Waals surface area contributed by atoms with Gasteiger partial charge in [0.1, 0.15) is 5.58 Å². The number of carbonyl (C=O) groups is 1. The Hall–Kier alpha value is -2.30. The van der Waals surface area contributed by atoms with Gasteiger partial charge in [0.2, 0.25) is 5.91 Å². The van der Waals surface area contributed by atoms with Crippen LogP contribution in [0.2, 0.25) is 0 Å². The zero-order valence-electron chi connectivity index (χ0n) is 12.6. The van der Waals surface area contributed by atoms with Crippen molar-refractivity contribution in [3.63, 3.8) is 0 Å². The number of amides is 1. The van der Waals surface area contributed by atoms with E-state index in [-0.39, 0.29) is 11.5 Å². The fourth-order valence-corrected chi connectivity index (χ4v) is 2.17. The summed E-state index contributed by atoms with van der Waals surface area (Å²) in [6.07, 6.45) is 1.07. The Balaban J connectivity index is 2.31. The molecule has 0 aliphatic heterocycles. The highest BCUT2D eigenvalue weighted by Gasteiger charge is 2.08. The van der Waals surface area contributed by atoms with Gasteiger partial charge in [0.05, 0.1) is 0 Å². The number of anilines is 1. The third-order valence-corrected chi connectivity index (χ3v) is 3.37. The van der Waals surface area contributed by atoms with Crippen LogP contribution in [0.15, 0.2) is 33.5 Å². The van der Waals surface area contributed by atoms with Crippen molar-refractivity contribution >= 4 is 22.6 Å². The molecular weight excluding hydrogens is 268 g/mol. The van der Waals surface area contributed by atoms with Gasteiger partial charge >= 0.3 is 5.63 Å². The predicted octanol–water partition coefficient (Wildman–Crippen LogP) is 1.93. The molecule has 1 amide bonds. The highest BCUT2D eigenvalue weighted by molar-refractivity contribution is 5.83. The zero-order chi connectivity index (χ0) is 15.4. The first-order valence-electron chi connectivity index (χ1n) is 7.02. The fraction of sp³-hybridized carbons (Fsp3) is 0.375. The summed E-state index contributed by atoms with van der Waals surface area (Å²) in [6, 6.07) is 7.28. The van der Waals surface area contributed by atoms with Crippen molar-refractivity contribution in [3.05, 3.63) is 40.2 Å². The molecule has 0 atom stereocenters. The molecule has 1 aromatic carbocycles. The van der Waals surface area contributed by atoms with Crippen molar-refractivity contribution in [2.45, 2.75) is 19.8 Å². The third-order valence-electron chi connectivity index (χ3n) is 3.37. The first-order chi connectivity index (χ1) is 10.0. The van der Waals surface area contributed by atoms with Crippen LogP contribution in [-0.4, -0.2) is 26.5 Å². The Kier molecular flexibility index (Phi) is 4.62. The topological polar surface area (TPSA) is 62.6 Å². The van der Waals surface area contributed by atoms with Gasteiger partial charge in [-0.15, -0.1) is 0 Å². The van der Waals surface area contributed by atoms with E-state index >= 15 is 0 Å². The average molecular weight is 288 g/mol. The second-order valence-corrected chi connectivity index (χ2v) is 5.12. The van der Waals surface area contributed by atoms with Crippen molar-refractivity contribution < 1.29 is 9.21 Å². The molecule has 0 aliphatic rings. The highest BCUT2D eigenvalue weighted by Crippen LogP contribution is 2.22. The Labute approximate surface area is 123 Å². The summed E-state index contributed by atoms with van der Waals surface area (Å²) >= 11 is 0. The summed E-state index contributed by atoms with van der Waals surface area (Å²) in [6.45, 7) is 2.32. The molecule has 5 nitrogen and oxygen atoms in total. The maximum Gasteiger partial charge on any atom is 0.336 e. The molecule has 2 rings (SSSR count). The number of benzene rings is 1. The summed E-state index contributed by atoms with van der Waals surface area (Å²) in [5.41, 5.74) is 2.07. The van der Waals surface area contributed by atoms with Crippen molar-refractivity contribution in [3.8, 4) is 0 Å². The molecule has 0 aliphatic carbocycles. The Morgan fingerprint density at radius 3 is 2.71 bits per heavy atom. The molecule has 0 radical (unpaired) electrons. The number of rotatable bonds is 5. The van der Waals surface area contributed by atoms with Crippen LogP contribution in [0, 0.1) is 0 Å². The van der Waals surface area contributed by atoms with Crippen molar-refractivity contribution in [1.82, 2.24) is 5.32 Å². The van der Waals surface area contributed by atoms with Gasteiger partial charge in [-0.2, -0.15) is 0 Å². The smallest absolute Gasteiger partial charge is 0.336 e. The van der Waals surface area contributed by atoms with Gasteiger partial charge < -0.3 is 14.6 Å². The lowest BCUT2D eigenvalue weighted by molar-refractivity contribution is -0.120. The lowest BCUT2D eigenvalue weighted by Gasteiger charge is -2.13. The van der Waals surface area contributed by atoms with E-state index in [2.05, 4.69) is 5.32 Å². The number of nitrogens with zero attached hydrogens (tertiary/aromatic N) is 1. The van der Waals surface area contributed by atoms with E-state index in [4.69, 9.17) is 4.42 Å². The van der Waals surface area contributed by atoms with Crippen LogP contribution in [0.1, 0.15) is 18.9 Å². The molecule has 2 aromatic rings. The SMILES string of the molecule is CCC(=O)NCCc1cc(=O)oc2cc(N(C)C)ccc12. The number of fused-ring (bicyclic) bond motifs is 1. The van der Waals surface area contributed by atoms with Crippen molar-refractivity contribution in [2.75, 3.05) is 25.5 Å². The second-order valence-electron chi connectivity index (χ2n) is 5.12. The number of nitrogens with one attached hydrogen (secondary N) is 1. The average Bonchev–Trinajstić information content (AvgIpc) is 2.45. The lowest BCUT2D eigenvalue weighted by atomic mass is 10.1. The van der Waals surface area contributed by atoms with Crippen LogP contribution in [-0.2, 0) is 11.2 Å². The predicted molar refractivity (Wildman–Crippen MR) is 83.8 cm³/mol. The van der Waals surface area contributed by atoms with Gasteiger partial charge in [0.25, 0.3) is 0 Å². The zero-order valence-corrected chi connectivity index (χ0v) is 12.6. The largest absolute Gasteiger partial charge is 0.423 e. The summed E-state index contributed by atoms with van der Waals surface area (Å²) in [5.74, 6) is 0.0113. The van der Waals surface area contributed by atoms with Crippen LogP contribution < -0.4 is 15.8 Å². The molecule has 0 spiro atoms. The van der Waals surface area contributed by atoms with Gasteiger partial charge in [0.15, 0.2) is 0 Å². The molecule has 112 valence electrons. The lowest BCUT2D eigenvalue weighted by Crippen LogP contribution is -2.24. The minimum atomic E-state index is -0.366.